The van der Waals surface area contributed by atoms with Crippen LogP contribution in [0.3, 0.4) is 0 Å². The minimum absolute atomic E-state index is 0.171. The van der Waals surface area contributed by atoms with Crippen molar-refractivity contribution in [1.29, 1.82) is 0 Å². The lowest BCUT2D eigenvalue weighted by molar-refractivity contribution is -0.0476. The average Bonchev–Trinajstić information content (AvgIpc) is 2.72. The number of sulfonamides is 2. The highest BCUT2D eigenvalue weighted by molar-refractivity contribution is 8.05. The van der Waals surface area contributed by atoms with Crippen LogP contribution in [0.2, 0.25) is 0 Å². The Kier molecular flexibility index (Phi) is 7.22. The first-order valence-electron chi connectivity index (χ1n) is 5.53. The molecule has 0 fully saturated rings. The van der Waals surface area contributed by atoms with Gasteiger partial charge in [0.1, 0.15) is 5.82 Å². The molecule has 1 rings (SSSR count). The lowest BCUT2D eigenvalue weighted by atomic mass is 10.4. The molecule has 0 bridgehead atoms. The molecule has 16 heteroatoms. The van der Waals surface area contributed by atoms with Crippen LogP contribution in [0, 0.1) is 0 Å². The van der Waals surface area contributed by atoms with E-state index in [4.69, 9.17) is 5.11 Å². The van der Waals surface area contributed by atoms with Crippen molar-refractivity contribution >= 4 is 20.0 Å². The predicted molar refractivity (Wildman–Crippen MR) is 67.1 cm³/mol. The van der Waals surface area contributed by atoms with Gasteiger partial charge in [0, 0.05) is 25.9 Å². The number of hydrogen-bond acceptors (Lipinski definition) is 6. The summed E-state index contributed by atoms with van der Waals surface area (Å²) in [5.41, 5.74) is -12.3. The number of aryl methyl sites for hydroxylation is 1. The molecule has 2 N–H and O–H groups in total. The SMILES string of the molecule is Cn1ccnc1CCO.O=S(=O)(NS(=O)(=O)C(F)(F)F)C(F)(F)F. The highest BCUT2D eigenvalue weighted by Crippen LogP contribution is 2.27. The smallest absolute Gasteiger partial charge is 0.396 e. The van der Waals surface area contributed by atoms with Gasteiger partial charge in [-0.3, -0.25) is 0 Å². The molecule has 0 spiro atoms. The van der Waals surface area contributed by atoms with E-state index in [2.05, 4.69) is 4.98 Å². The first kappa shape index (κ1) is 22.6. The van der Waals surface area contributed by atoms with Crippen molar-refractivity contribution in [2.75, 3.05) is 6.61 Å². The number of imidazole rings is 1. The van der Waals surface area contributed by atoms with E-state index in [1.165, 1.54) is 0 Å². The summed E-state index contributed by atoms with van der Waals surface area (Å²) in [6, 6.07) is 0. The third-order valence-electron chi connectivity index (χ3n) is 2.09. The standard InChI is InChI=1S/C6H10N2O.C2HF6NO4S2/c1-8-4-3-7-6(8)2-5-9;3-1(4,5)14(10,11)9-15(12,13)2(6,7)8/h3-4,9H,2,5H2,1H3;9H. The molecule has 0 saturated carbocycles. The van der Waals surface area contributed by atoms with Gasteiger partial charge in [0.25, 0.3) is 0 Å². The molecule has 0 aliphatic heterocycles. The van der Waals surface area contributed by atoms with Crippen LogP contribution in [0.4, 0.5) is 26.3 Å². The van der Waals surface area contributed by atoms with Crippen molar-refractivity contribution < 1.29 is 48.3 Å². The van der Waals surface area contributed by atoms with Crippen molar-refractivity contribution in [3.05, 3.63) is 18.2 Å². The molecule has 0 radical (unpaired) electrons. The maximum atomic E-state index is 11.5. The van der Waals surface area contributed by atoms with E-state index in [1.807, 2.05) is 17.8 Å². The molecule has 0 aromatic carbocycles. The molecule has 1 aromatic heterocycles. The molecular weight excluding hydrogens is 396 g/mol. The Balaban J connectivity index is 0.000000496. The van der Waals surface area contributed by atoms with Gasteiger partial charge < -0.3 is 9.67 Å². The Labute approximate surface area is 132 Å². The number of aromatic nitrogens is 2. The number of rotatable bonds is 4. The van der Waals surface area contributed by atoms with E-state index >= 15 is 0 Å². The zero-order valence-corrected chi connectivity index (χ0v) is 13.3. The van der Waals surface area contributed by atoms with Gasteiger partial charge in [0.2, 0.25) is 0 Å². The van der Waals surface area contributed by atoms with Crippen LogP contribution in [-0.2, 0) is 33.5 Å². The third kappa shape index (κ3) is 6.25. The van der Waals surface area contributed by atoms with Gasteiger partial charge in [-0.25, -0.2) is 21.8 Å². The molecule has 1 aromatic rings. The number of alkyl halides is 6. The van der Waals surface area contributed by atoms with Crippen LogP contribution in [0.1, 0.15) is 5.82 Å². The van der Waals surface area contributed by atoms with Gasteiger partial charge in [0.15, 0.2) is 0 Å². The summed E-state index contributed by atoms with van der Waals surface area (Å²) in [6.07, 6.45) is 4.24. The number of halogens is 6. The van der Waals surface area contributed by atoms with Gasteiger partial charge in [-0.2, -0.15) is 26.3 Å². The summed E-state index contributed by atoms with van der Waals surface area (Å²) in [6.45, 7) is 0.171. The molecule has 0 unspecified atom stereocenters. The second-order valence-electron chi connectivity index (χ2n) is 3.91. The topological polar surface area (TPSA) is 118 Å². The molecule has 0 saturated heterocycles. The Morgan fingerprint density at radius 2 is 1.50 bits per heavy atom. The van der Waals surface area contributed by atoms with Crippen LogP contribution >= 0.6 is 0 Å². The van der Waals surface area contributed by atoms with Gasteiger partial charge >= 0.3 is 31.1 Å². The Bertz CT molecular complexity index is 695. The first-order valence-corrected chi connectivity index (χ1v) is 8.50. The van der Waals surface area contributed by atoms with Crippen molar-refractivity contribution in [3.63, 3.8) is 0 Å². The summed E-state index contributed by atoms with van der Waals surface area (Å²) in [4.78, 5) is 4.01. The fourth-order valence-corrected chi connectivity index (χ4v) is 2.89. The third-order valence-corrected chi connectivity index (χ3v) is 5.06. The lowest BCUT2D eigenvalue weighted by Crippen LogP contribution is -2.45. The molecule has 0 aliphatic rings. The number of aliphatic hydroxyl groups excluding tert-OH is 1. The number of nitrogens with zero attached hydrogens (tertiary/aromatic N) is 2. The van der Waals surface area contributed by atoms with E-state index < -0.39 is 35.2 Å². The summed E-state index contributed by atoms with van der Waals surface area (Å²) < 4.78 is 110. The van der Waals surface area contributed by atoms with E-state index in [9.17, 15) is 43.2 Å². The Morgan fingerprint density at radius 3 is 1.75 bits per heavy atom. The summed E-state index contributed by atoms with van der Waals surface area (Å²) in [5.74, 6) is 0.928. The Morgan fingerprint density at radius 1 is 1.08 bits per heavy atom. The zero-order valence-electron chi connectivity index (χ0n) is 11.6. The molecule has 0 amide bonds. The Hall–Kier alpha value is -1.39. The van der Waals surface area contributed by atoms with Crippen LogP contribution in [-0.4, -0.2) is 49.1 Å². The second kappa shape index (κ2) is 7.66. The van der Waals surface area contributed by atoms with Crippen LogP contribution in [0.5, 0.6) is 0 Å². The molecule has 142 valence electrons. The number of nitrogens with one attached hydrogen (secondary N) is 1. The molecular formula is C8H11F6N3O5S2. The minimum atomic E-state index is -6.60. The molecule has 1 heterocycles. The predicted octanol–water partition coefficient (Wildman–Crippen LogP) is 0.230. The van der Waals surface area contributed by atoms with Crippen LogP contribution in [0.25, 0.3) is 0 Å². The second-order valence-corrected chi connectivity index (χ2v) is 7.52. The van der Waals surface area contributed by atoms with Crippen molar-refractivity contribution in [3.8, 4) is 0 Å². The zero-order chi connectivity index (χ0) is 19.4. The van der Waals surface area contributed by atoms with Crippen molar-refractivity contribution in [2.24, 2.45) is 7.05 Å². The van der Waals surface area contributed by atoms with E-state index in [0.29, 0.717) is 6.42 Å². The van der Waals surface area contributed by atoms with Gasteiger partial charge in [-0.15, -0.1) is 0 Å². The van der Waals surface area contributed by atoms with E-state index in [0.717, 1.165) is 5.82 Å². The fourth-order valence-electron chi connectivity index (χ4n) is 0.976. The quantitative estimate of drug-likeness (QED) is 0.690. The maximum Gasteiger partial charge on any atom is 0.512 e. The highest BCUT2D eigenvalue weighted by Gasteiger charge is 2.55. The summed E-state index contributed by atoms with van der Waals surface area (Å²) >= 11 is 0. The molecule has 24 heavy (non-hydrogen) atoms. The van der Waals surface area contributed by atoms with Gasteiger partial charge in [-0.1, -0.05) is 4.13 Å². The number of aliphatic hydroxyl groups is 1. The fraction of sp³-hybridized carbons (Fsp3) is 0.625. The van der Waals surface area contributed by atoms with E-state index in [1.54, 1.807) is 6.20 Å². The maximum absolute atomic E-state index is 11.5. The highest BCUT2D eigenvalue weighted by atomic mass is 32.3. The summed E-state index contributed by atoms with van der Waals surface area (Å²) in [7, 11) is -11.3. The average molecular weight is 407 g/mol. The normalized spacial score (nSPS) is 13.3. The largest absolute Gasteiger partial charge is 0.512 e. The molecule has 0 atom stereocenters. The van der Waals surface area contributed by atoms with Crippen LogP contribution < -0.4 is 4.13 Å². The van der Waals surface area contributed by atoms with Gasteiger partial charge in [0.05, 0.1) is 6.61 Å². The van der Waals surface area contributed by atoms with E-state index in [-0.39, 0.29) is 6.61 Å². The summed E-state index contributed by atoms with van der Waals surface area (Å²) in [5, 5.41) is 8.51. The van der Waals surface area contributed by atoms with Crippen molar-refractivity contribution in [1.82, 2.24) is 13.7 Å². The minimum Gasteiger partial charge on any atom is -0.396 e. The first-order chi connectivity index (χ1) is 10.5. The monoisotopic (exact) mass is 407 g/mol. The molecule has 0 aliphatic carbocycles. The molecule has 8 nitrogen and oxygen atoms in total. The van der Waals surface area contributed by atoms with Crippen LogP contribution in [0.15, 0.2) is 12.4 Å². The number of hydrogen-bond donors (Lipinski definition) is 2. The van der Waals surface area contributed by atoms with Gasteiger partial charge in [-0.05, 0) is 0 Å². The van der Waals surface area contributed by atoms with Crippen molar-refractivity contribution in [2.45, 2.75) is 17.4 Å². The lowest BCUT2D eigenvalue weighted by Gasteiger charge is -2.11.